The number of piperidine rings is 1. The van der Waals surface area contributed by atoms with Crippen molar-refractivity contribution in [2.45, 2.75) is 45.2 Å². The van der Waals surface area contributed by atoms with Crippen LogP contribution in [0.25, 0.3) is 0 Å². The van der Waals surface area contributed by atoms with Crippen LogP contribution in [0.1, 0.15) is 49.0 Å². The molecule has 0 spiro atoms. The second-order valence-corrected chi connectivity index (χ2v) is 6.45. The van der Waals surface area contributed by atoms with Crippen molar-refractivity contribution >= 4 is 17.2 Å². The van der Waals surface area contributed by atoms with Gasteiger partial charge in [0.2, 0.25) is 5.91 Å². The van der Waals surface area contributed by atoms with Crippen LogP contribution in [-0.4, -0.2) is 31.9 Å². The summed E-state index contributed by atoms with van der Waals surface area (Å²) < 4.78 is 1.86. The van der Waals surface area contributed by atoms with Gasteiger partial charge in [0.05, 0.1) is 12.4 Å². The number of aryl methyl sites for hydroxylation is 1. The van der Waals surface area contributed by atoms with Crippen LogP contribution in [-0.2, 0) is 4.79 Å². The Bertz CT molecular complexity index is 607. The van der Waals surface area contributed by atoms with Crippen molar-refractivity contribution in [1.29, 1.82) is 0 Å². The number of rotatable bonds is 3. The molecule has 0 N–H and O–H groups in total. The van der Waals surface area contributed by atoms with Crippen molar-refractivity contribution in [3.05, 3.63) is 34.8 Å². The number of aromatic nitrogens is 3. The van der Waals surface area contributed by atoms with Gasteiger partial charge in [0.1, 0.15) is 11.0 Å². The lowest BCUT2D eigenvalue weighted by atomic mass is 10.0. The van der Waals surface area contributed by atoms with E-state index in [9.17, 15) is 4.79 Å². The second kappa shape index (κ2) is 5.97. The zero-order valence-electron chi connectivity index (χ0n) is 12.4. The molecule has 21 heavy (non-hydrogen) atoms. The molecule has 0 aromatic carbocycles. The number of imidazole rings is 1. The predicted octanol–water partition coefficient (Wildman–Crippen LogP) is 2.96. The molecule has 2 aromatic rings. The molecule has 1 amide bonds. The Kier molecular flexibility index (Phi) is 4.05. The fraction of sp³-hybridized carbons (Fsp3) is 0.533. The number of thiazole rings is 1. The van der Waals surface area contributed by atoms with E-state index in [0.29, 0.717) is 0 Å². The highest BCUT2D eigenvalue weighted by atomic mass is 32.1. The lowest BCUT2D eigenvalue weighted by Crippen LogP contribution is -2.41. The zero-order chi connectivity index (χ0) is 14.8. The van der Waals surface area contributed by atoms with Crippen LogP contribution >= 0.6 is 11.3 Å². The molecule has 6 heteroatoms. The van der Waals surface area contributed by atoms with Crippen LogP contribution in [0.15, 0.2) is 24.1 Å². The van der Waals surface area contributed by atoms with Gasteiger partial charge < -0.3 is 9.47 Å². The van der Waals surface area contributed by atoms with Crippen LogP contribution in [0.2, 0.25) is 0 Å². The van der Waals surface area contributed by atoms with Gasteiger partial charge in [0, 0.05) is 30.0 Å². The molecule has 0 unspecified atom stereocenters. The number of likely N-dealkylation sites (tertiary alicyclic amines) is 1. The first-order valence-electron chi connectivity index (χ1n) is 7.37. The summed E-state index contributed by atoms with van der Waals surface area (Å²) in [6.45, 7) is 4.76. The number of carbonyl (C=O) groups is 1. The molecule has 2 aromatic heterocycles. The molecule has 112 valence electrons. The lowest BCUT2D eigenvalue weighted by Gasteiger charge is -2.36. The zero-order valence-corrected chi connectivity index (χ0v) is 13.2. The normalized spacial score (nSPS) is 20.5. The molecule has 1 aliphatic rings. The van der Waals surface area contributed by atoms with Crippen molar-refractivity contribution in [2.24, 2.45) is 0 Å². The fourth-order valence-electron chi connectivity index (χ4n) is 2.84. The third-order valence-electron chi connectivity index (χ3n) is 4.04. The van der Waals surface area contributed by atoms with Gasteiger partial charge in [-0.25, -0.2) is 9.97 Å². The molecule has 0 aliphatic carbocycles. The third-order valence-corrected chi connectivity index (χ3v) is 5.10. The molecular weight excluding hydrogens is 284 g/mol. The molecule has 1 fully saturated rings. The maximum absolute atomic E-state index is 12.8. The Morgan fingerprint density at radius 3 is 3.00 bits per heavy atom. The molecule has 0 radical (unpaired) electrons. The quantitative estimate of drug-likeness (QED) is 0.876. The van der Waals surface area contributed by atoms with Gasteiger partial charge in [-0.3, -0.25) is 4.79 Å². The fourth-order valence-corrected chi connectivity index (χ4v) is 3.79. The van der Waals surface area contributed by atoms with E-state index < -0.39 is 0 Å². The van der Waals surface area contributed by atoms with Gasteiger partial charge in [0.15, 0.2) is 0 Å². The first-order valence-corrected chi connectivity index (χ1v) is 8.24. The van der Waals surface area contributed by atoms with Crippen molar-refractivity contribution in [3.63, 3.8) is 0 Å². The SMILES string of the molecule is Cc1csc([C@H]2CCCCN2C(=O)[C@@H](C)n2ccnc2)n1. The summed E-state index contributed by atoms with van der Waals surface area (Å²) in [7, 11) is 0. The first kappa shape index (κ1) is 14.3. The highest BCUT2D eigenvalue weighted by Crippen LogP contribution is 2.34. The Morgan fingerprint density at radius 1 is 1.48 bits per heavy atom. The summed E-state index contributed by atoms with van der Waals surface area (Å²) in [4.78, 5) is 23.5. The number of nitrogens with zero attached hydrogens (tertiary/aromatic N) is 4. The van der Waals surface area contributed by atoms with Crippen LogP contribution in [0.5, 0.6) is 0 Å². The molecule has 0 bridgehead atoms. The minimum atomic E-state index is -0.214. The minimum Gasteiger partial charge on any atom is -0.331 e. The summed E-state index contributed by atoms with van der Waals surface area (Å²) in [6, 6.07) is -0.0786. The average Bonchev–Trinajstić information content (AvgIpc) is 3.17. The van der Waals surface area contributed by atoms with Crippen LogP contribution < -0.4 is 0 Å². The highest BCUT2D eigenvalue weighted by molar-refractivity contribution is 7.09. The van der Waals surface area contributed by atoms with E-state index >= 15 is 0 Å². The van der Waals surface area contributed by atoms with E-state index in [0.717, 1.165) is 36.5 Å². The molecule has 3 rings (SSSR count). The van der Waals surface area contributed by atoms with Gasteiger partial charge in [0.25, 0.3) is 0 Å². The van der Waals surface area contributed by atoms with E-state index in [1.54, 1.807) is 23.9 Å². The van der Waals surface area contributed by atoms with Gasteiger partial charge in [-0.05, 0) is 33.1 Å². The number of hydrogen-bond donors (Lipinski definition) is 0. The van der Waals surface area contributed by atoms with Gasteiger partial charge in [-0.15, -0.1) is 11.3 Å². The maximum atomic E-state index is 12.8. The first-order chi connectivity index (χ1) is 10.2. The lowest BCUT2D eigenvalue weighted by molar-refractivity contribution is -0.138. The van der Waals surface area contributed by atoms with Crippen molar-refractivity contribution in [2.75, 3.05) is 6.54 Å². The van der Waals surface area contributed by atoms with Crippen molar-refractivity contribution in [1.82, 2.24) is 19.4 Å². The molecule has 1 aliphatic heterocycles. The highest BCUT2D eigenvalue weighted by Gasteiger charge is 2.32. The van der Waals surface area contributed by atoms with Gasteiger partial charge in [-0.1, -0.05) is 0 Å². The Hall–Kier alpha value is -1.69. The molecule has 5 nitrogen and oxygen atoms in total. The maximum Gasteiger partial charge on any atom is 0.245 e. The largest absolute Gasteiger partial charge is 0.331 e. The summed E-state index contributed by atoms with van der Waals surface area (Å²) in [5.41, 5.74) is 1.04. The molecular formula is C15H20N4OS. The second-order valence-electron chi connectivity index (χ2n) is 5.56. The third kappa shape index (κ3) is 2.85. The smallest absolute Gasteiger partial charge is 0.245 e. The van der Waals surface area contributed by atoms with Gasteiger partial charge >= 0.3 is 0 Å². The molecule has 1 saturated heterocycles. The van der Waals surface area contributed by atoms with Crippen LogP contribution in [0, 0.1) is 6.92 Å². The predicted molar refractivity (Wildman–Crippen MR) is 82.1 cm³/mol. The number of hydrogen-bond acceptors (Lipinski definition) is 4. The molecule has 0 saturated carbocycles. The van der Waals surface area contributed by atoms with Crippen LogP contribution in [0.4, 0.5) is 0 Å². The summed E-state index contributed by atoms with van der Waals surface area (Å²) in [6.07, 6.45) is 8.50. The van der Waals surface area contributed by atoms with E-state index in [4.69, 9.17) is 0 Å². The van der Waals surface area contributed by atoms with E-state index in [2.05, 4.69) is 15.3 Å². The van der Waals surface area contributed by atoms with Gasteiger partial charge in [-0.2, -0.15) is 0 Å². The summed E-state index contributed by atoms with van der Waals surface area (Å²) in [5.74, 6) is 0.158. The Morgan fingerprint density at radius 2 is 2.33 bits per heavy atom. The number of carbonyl (C=O) groups excluding carboxylic acids is 1. The van der Waals surface area contributed by atoms with E-state index in [1.165, 1.54) is 0 Å². The van der Waals surface area contributed by atoms with Crippen molar-refractivity contribution in [3.8, 4) is 0 Å². The molecule has 3 heterocycles. The van der Waals surface area contributed by atoms with E-state index in [-0.39, 0.29) is 18.0 Å². The standard InChI is InChI=1S/C15H20N4OS/c1-11-9-21-14(17-11)13-5-3-4-7-19(13)15(20)12(2)18-8-6-16-10-18/h6,8-10,12-13H,3-5,7H2,1-2H3/t12-,13-/m1/s1. The summed E-state index contributed by atoms with van der Waals surface area (Å²) in [5, 5.41) is 3.13. The Balaban J connectivity index is 1.82. The average molecular weight is 304 g/mol. The minimum absolute atomic E-state index is 0.135. The summed E-state index contributed by atoms with van der Waals surface area (Å²) >= 11 is 1.66. The monoisotopic (exact) mass is 304 g/mol. The number of amides is 1. The Labute approximate surface area is 128 Å². The van der Waals surface area contributed by atoms with Crippen molar-refractivity contribution < 1.29 is 4.79 Å². The molecule has 2 atom stereocenters. The topological polar surface area (TPSA) is 51.0 Å². The van der Waals surface area contributed by atoms with E-state index in [1.807, 2.05) is 29.5 Å². The van der Waals surface area contributed by atoms with Crippen LogP contribution in [0.3, 0.4) is 0 Å².